The number of likely N-dealkylation sites (tertiary alicyclic amines) is 1. The molecule has 1 aromatic heterocycles. The van der Waals surface area contributed by atoms with Crippen molar-refractivity contribution in [3.8, 4) is 5.75 Å². The van der Waals surface area contributed by atoms with E-state index in [1.165, 1.54) is 10.9 Å². The van der Waals surface area contributed by atoms with Gasteiger partial charge >= 0.3 is 0 Å². The Balaban J connectivity index is 1.27. The molecule has 2 aromatic carbocycles. The summed E-state index contributed by atoms with van der Waals surface area (Å²) >= 11 is 0. The van der Waals surface area contributed by atoms with Crippen LogP contribution in [0.15, 0.2) is 54.7 Å². The molecule has 2 atom stereocenters. The Labute approximate surface area is 176 Å². The van der Waals surface area contributed by atoms with Crippen LogP contribution in [0.1, 0.15) is 35.9 Å². The molecular formula is C24H28N4O2. The number of nitrogens with zero attached hydrogens (tertiary/aromatic N) is 1. The molecule has 2 aliphatic heterocycles. The van der Waals surface area contributed by atoms with Crippen molar-refractivity contribution in [2.24, 2.45) is 5.92 Å². The Morgan fingerprint density at radius 1 is 1.10 bits per heavy atom. The third-order valence-electron chi connectivity index (χ3n) is 6.63. The van der Waals surface area contributed by atoms with Crippen LogP contribution in [-0.2, 0) is 4.79 Å². The van der Waals surface area contributed by atoms with Crippen LogP contribution < -0.4 is 15.6 Å². The summed E-state index contributed by atoms with van der Waals surface area (Å²) in [6, 6.07) is 16.4. The summed E-state index contributed by atoms with van der Waals surface area (Å²) in [6.07, 6.45) is 4.10. The number of hydrogen-bond acceptors (Lipinski definition) is 4. The molecule has 2 fully saturated rings. The van der Waals surface area contributed by atoms with Crippen LogP contribution in [0.5, 0.6) is 5.75 Å². The first-order chi connectivity index (χ1) is 14.7. The van der Waals surface area contributed by atoms with E-state index >= 15 is 0 Å². The predicted molar refractivity (Wildman–Crippen MR) is 117 cm³/mol. The van der Waals surface area contributed by atoms with E-state index < -0.39 is 0 Å². The van der Waals surface area contributed by atoms with Gasteiger partial charge in [0.15, 0.2) is 0 Å². The van der Waals surface area contributed by atoms with Crippen molar-refractivity contribution in [1.82, 2.24) is 20.7 Å². The molecule has 3 aromatic rings. The predicted octanol–water partition coefficient (Wildman–Crippen LogP) is 3.35. The van der Waals surface area contributed by atoms with Gasteiger partial charge in [-0.15, -0.1) is 0 Å². The highest BCUT2D eigenvalue weighted by Crippen LogP contribution is 2.36. The van der Waals surface area contributed by atoms with Gasteiger partial charge in [-0.05, 0) is 48.1 Å². The number of carbonyl (C=O) groups is 1. The summed E-state index contributed by atoms with van der Waals surface area (Å²) in [5, 5.41) is 1.23. The minimum Gasteiger partial charge on any atom is -0.497 e. The molecule has 0 bridgehead atoms. The van der Waals surface area contributed by atoms with Gasteiger partial charge in [-0.2, -0.15) is 0 Å². The van der Waals surface area contributed by atoms with Gasteiger partial charge in [0.1, 0.15) is 5.75 Å². The van der Waals surface area contributed by atoms with E-state index in [0.29, 0.717) is 12.5 Å². The number of benzene rings is 2. The number of aromatic nitrogens is 1. The summed E-state index contributed by atoms with van der Waals surface area (Å²) < 4.78 is 5.41. The van der Waals surface area contributed by atoms with E-state index in [0.717, 1.165) is 42.8 Å². The summed E-state index contributed by atoms with van der Waals surface area (Å²) in [5.41, 5.74) is 10.1. The Bertz CT molecular complexity index is 1020. The molecule has 6 heteroatoms. The number of hydrazine groups is 1. The van der Waals surface area contributed by atoms with Gasteiger partial charge < -0.3 is 14.6 Å². The Morgan fingerprint density at radius 2 is 1.90 bits per heavy atom. The molecule has 156 valence electrons. The maximum Gasteiger partial charge on any atom is 0.229 e. The summed E-state index contributed by atoms with van der Waals surface area (Å²) in [4.78, 5) is 18.7. The fourth-order valence-corrected chi connectivity index (χ4v) is 4.93. The highest BCUT2D eigenvalue weighted by atomic mass is 16.5. The van der Waals surface area contributed by atoms with Crippen LogP contribution >= 0.6 is 0 Å². The number of carbonyl (C=O) groups excluding carboxylic acids is 1. The Hall–Kier alpha value is -2.83. The lowest BCUT2D eigenvalue weighted by Gasteiger charge is -2.34. The second kappa shape index (κ2) is 8.13. The van der Waals surface area contributed by atoms with Gasteiger partial charge in [0.25, 0.3) is 0 Å². The number of ether oxygens (including phenoxy) is 1. The molecule has 2 unspecified atom stereocenters. The van der Waals surface area contributed by atoms with Crippen LogP contribution in [0.4, 0.5) is 0 Å². The van der Waals surface area contributed by atoms with Gasteiger partial charge in [0, 0.05) is 36.7 Å². The number of piperidine rings is 1. The van der Waals surface area contributed by atoms with Crippen LogP contribution in [0.3, 0.4) is 0 Å². The second-order valence-electron chi connectivity index (χ2n) is 8.28. The first kappa shape index (κ1) is 19.2. The molecule has 5 rings (SSSR count). The van der Waals surface area contributed by atoms with Crippen molar-refractivity contribution in [2.45, 2.75) is 24.8 Å². The summed E-state index contributed by atoms with van der Waals surface area (Å²) in [6.45, 7) is 2.27. The molecule has 2 saturated heterocycles. The monoisotopic (exact) mass is 404 g/mol. The molecule has 3 N–H and O–H groups in total. The maximum atomic E-state index is 13.3. The van der Waals surface area contributed by atoms with Crippen LogP contribution in [0, 0.1) is 5.92 Å². The SMILES string of the molecule is COc1ccc2[nH]cc(C3CCN(C(=O)C4CNNC4c4ccccc4)CC3)c2c1. The van der Waals surface area contributed by atoms with E-state index in [1.807, 2.05) is 24.3 Å². The van der Waals surface area contributed by atoms with Crippen molar-refractivity contribution in [3.05, 3.63) is 65.9 Å². The van der Waals surface area contributed by atoms with Crippen molar-refractivity contribution in [2.75, 3.05) is 26.7 Å². The number of fused-ring (bicyclic) bond motifs is 1. The molecule has 6 nitrogen and oxygen atoms in total. The molecule has 0 radical (unpaired) electrons. The van der Waals surface area contributed by atoms with E-state index in [1.54, 1.807) is 7.11 Å². The first-order valence-electron chi connectivity index (χ1n) is 10.7. The normalized spacial score (nSPS) is 22.5. The quantitative estimate of drug-likeness (QED) is 0.624. The lowest BCUT2D eigenvalue weighted by atomic mass is 9.87. The zero-order chi connectivity index (χ0) is 20.5. The average Bonchev–Trinajstić information content (AvgIpc) is 3.46. The third kappa shape index (κ3) is 3.46. The smallest absolute Gasteiger partial charge is 0.229 e. The van der Waals surface area contributed by atoms with Gasteiger partial charge in [-0.3, -0.25) is 10.2 Å². The minimum atomic E-state index is -0.0682. The van der Waals surface area contributed by atoms with Gasteiger partial charge in [0.05, 0.1) is 19.1 Å². The molecule has 3 heterocycles. The van der Waals surface area contributed by atoms with Gasteiger partial charge in [0.2, 0.25) is 5.91 Å². The Morgan fingerprint density at radius 3 is 2.67 bits per heavy atom. The molecule has 30 heavy (non-hydrogen) atoms. The fraction of sp³-hybridized carbons (Fsp3) is 0.375. The molecule has 2 aliphatic rings. The largest absolute Gasteiger partial charge is 0.497 e. The van der Waals surface area contributed by atoms with Crippen molar-refractivity contribution >= 4 is 16.8 Å². The minimum absolute atomic E-state index is 0.0255. The lowest BCUT2D eigenvalue weighted by molar-refractivity contribution is -0.136. The van der Waals surface area contributed by atoms with E-state index in [9.17, 15) is 4.79 Å². The first-order valence-corrected chi connectivity index (χ1v) is 10.7. The molecular weight excluding hydrogens is 376 g/mol. The number of methoxy groups -OCH3 is 1. The van der Waals surface area contributed by atoms with Crippen molar-refractivity contribution < 1.29 is 9.53 Å². The molecule has 0 spiro atoms. The van der Waals surface area contributed by atoms with Gasteiger partial charge in [-0.25, -0.2) is 5.43 Å². The highest BCUT2D eigenvalue weighted by molar-refractivity contribution is 5.85. The number of aromatic amines is 1. The Kier molecular flexibility index (Phi) is 5.19. The second-order valence-corrected chi connectivity index (χ2v) is 8.28. The molecule has 1 amide bonds. The zero-order valence-electron chi connectivity index (χ0n) is 17.2. The number of hydrogen-bond donors (Lipinski definition) is 3. The van der Waals surface area contributed by atoms with Crippen LogP contribution in [-0.4, -0.2) is 42.5 Å². The van der Waals surface area contributed by atoms with Crippen molar-refractivity contribution in [3.63, 3.8) is 0 Å². The fourth-order valence-electron chi connectivity index (χ4n) is 4.93. The number of nitrogens with one attached hydrogen (secondary N) is 3. The van der Waals surface area contributed by atoms with E-state index in [2.05, 4.69) is 51.2 Å². The highest BCUT2D eigenvalue weighted by Gasteiger charge is 2.37. The zero-order valence-corrected chi connectivity index (χ0v) is 17.2. The molecule has 0 aliphatic carbocycles. The van der Waals surface area contributed by atoms with E-state index in [-0.39, 0.29) is 17.9 Å². The standard InChI is InChI=1S/C24H28N4O2/c1-30-18-7-8-22-19(13-18)20(14-25-22)16-9-11-28(12-10-16)24(29)21-15-26-27-23(21)17-5-3-2-4-6-17/h2-8,13-14,16,21,23,25-27H,9-12,15H2,1H3. The van der Waals surface area contributed by atoms with Gasteiger partial charge in [-0.1, -0.05) is 30.3 Å². The van der Waals surface area contributed by atoms with E-state index in [4.69, 9.17) is 4.74 Å². The van der Waals surface area contributed by atoms with Crippen LogP contribution in [0.2, 0.25) is 0 Å². The number of rotatable bonds is 4. The summed E-state index contributed by atoms with van der Waals surface area (Å²) in [7, 11) is 1.70. The number of H-pyrrole nitrogens is 1. The summed E-state index contributed by atoms with van der Waals surface area (Å²) in [5.74, 6) is 1.52. The van der Waals surface area contributed by atoms with Crippen molar-refractivity contribution in [1.29, 1.82) is 0 Å². The molecule has 0 saturated carbocycles. The number of amides is 1. The van der Waals surface area contributed by atoms with Crippen LogP contribution in [0.25, 0.3) is 10.9 Å². The average molecular weight is 405 g/mol. The third-order valence-corrected chi connectivity index (χ3v) is 6.63. The topological polar surface area (TPSA) is 69.4 Å². The lowest BCUT2D eigenvalue weighted by Crippen LogP contribution is -2.43. The maximum absolute atomic E-state index is 13.3.